The quantitative estimate of drug-likeness (QED) is 0.727. The molecule has 0 unspecified atom stereocenters. The van der Waals surface area contributed by atoms with Crippen LogP contribution in [0, 0.1) is 0 Å². The number of hydrogen-bond acceptors (Lipinski definition) is 7. The maximum Gasteiger partial charge on any atom is 0.227 e. The van der Waals surface area contributed by atoms with E-state index in [9.17, 15) is 0 Å². The molecule has 1 aliphatic rings. The number of rotatable bonds is 8. The first-order valence-electron chi connectivity index (χ1n) is 9.00. The van der Waals surface area contributed by atoms with E-state index in [1.165, 1.54) is 0 Å². The normalized spacial score (nSPS) is 14.4. The van der Waals surface area contributed by atoms with Crippen LogP contribution in [0.4, 0.5) is 17.5 Å². The van der Waals surface area contributed by atoms with Crippen molar-refractivity contribution in [3.63, 3.8) is 0 Å². The summed E-state index contributed by atoms with van der Waals surface area (Å²) in [5.74, 6) is 2.55. The Bertz CT molecular complexity index is 689. The van der Waals surface area contributed by atoms with Crippen LogP contribution in [0.5, 0.6) is 5.75 Å². The van der Waals surface area contributed by atoms with E-state index >= 15 is 0 Å². The maximum atomic E-state index is 5.48. The molecule has 1 N–H and O–H groups in total. The van der Waals surface area contributed by atoms with Gasteiger partial charge in [0.15, 0.2) is 0 Å². The first kappa shape index (κ1) is 18.3. The predicted octanol–water partition coefficient (Wildman–Crippen LogP) is 2.26. The Balaban J connectivity index is 1.58. The lowest BCUT2D eigenvalue weighted by Gasteiger charge is -2.36. The van der Waals surface area contributed by atoms with Crippen molar-refractivity contribution in [2.75, 3.05) is 68.7 Å². The summed E-state index contributed by atoms with van der Waals surface area (Å²) in [4.78, 5) is 13.7. The highest BCUT2D eigenvalue weighted by Gasteiger charge is 2.21. The number of nitrogens with zero attached hydrogens (tertiary/aromatic N) is 4. The van der Waals surface area contributed by atoms with Crippen LogP contribution in [-0.4, -0.2) is 63.5 Å². The number of aromatic nitrogens is 2. The van der Waals surface area contributed by atoms with Crippen LogP contribution < -0.4 is 19.9 Å². The molecule has 2 heterocycles. The molecule has 1 saturated heterocycles. The summed E-state index contributed by atoms with van der Waals surface area (Å²) in [6.07, 6.45) is 2.76. The van der Waals surface area contributed by atoms with Gasteiger partial charge in [0.25, 0.3) is 0 Å². The van der Waals surface area contributed by atoms with Crippen molar-refractivity contribution in [2.45, 2.75) is 6.42 Å². The van der Waals surface area contributed by atoms with Gasteiger partial charge in [-0.3, -0.25) is 0 Å². The van der Waals surface area contributed by atoms with E-state index in [-0.39, 0.29) is 0 Å². The third-order valence-corrected chi connectivity index (χ3v) is 4.46. The molecule has 7 nitrogen and oxygen atoms in total. The maximum absolute atomic E-state index is 5.48. The number of benzene rings is 1. The fraction of sp³-hybridized carbons (Fsp3) is 0.474. The minimum atomic E-state index is 0.746. The summed E-state index contributed by atoms with van der Waals surface area (Å²) in [6, 6.07) is 10.1. The minimum absolute atomic E-state index is 0.746. The second-order valence-corrected chi connectivity index (χ2v) is 6.16. The van der Waals surface area contributed by atoms with E-state index < -0.39 is 0 Å². The zero-order chi connectivity index (χ0) is 18.2. The molecule has 0 radical (unpaired) electrons. The lowest BCUT2D eigenvalue weighted by atomic mass is 10.2. The van der Waals surface area contributed by atoms with E-state index in [0.717, 1.165) is 69.0 Å². The number of anilines is 3. The molecule has 0 bridgehead atoms. The van der Waals surface area contributed by atoms with Gasteiger partial charge in [0, 0.05) is 52.6 Å². The third kappa shape index (κ3) is 4.54. The Morgan fingerprint density at radius 3 is 2.58 bits per heavy atom. The summed E-state index contributed by atoms with van der Waals surface area (Å²) in [6.45, 7) is 5.17. The topological polar surface area (TPSA) is 62.8 Å². The first-order chi connectivity index (χ1) is 12.8. The number of nitrogens with one attached hydrogen (secondary N) is 1. The Hall–Kier alpha value is -2.54. The minimum Gasteiger partial charge on any atom is -0.495 e. The van der Waals surface area contributed by atoms with E-state index in [2.05, 4.69) is 31.2 Å². The van der Waals surface area contributed by atoms with Gasteiger partial charge in [-0.2, -0.15) is 4.98 Å². The van der Waals surface area contributed by atoms with Crippen LogP contribution in [0.1, 0.15) is 6.42 Å². The van der Waals surface area contributed by atoms with Crippen molar-refractivity contribution in [3.8, 4) is 5.75 Å². The van der Waals surface area contributed by atoms with Crippen molar-refractivity contribution in [3.05, 3.63) is 36.5 Å². The van der Waals surface area contributed by atoms with Gasteiger partial charge in [-0.05, 0) is 24.6 Å². The highest BCUT2D eigenvalue weighted by Crippen LogP contribution is 2.28. The molecule has 0 saturated carbocycles. The lowest BCUT2D eigenvalue weighted by molar-refractivity contribution is 0.198. The van der Waals surface area contributed by atoms with Gasteiger partial charge in [-0.15, -0.1) is 0 Å². The van der Waals surface area contributed by atoms with Crippen molar-refractivity contribution in [2.24, 2.45) is 0 Å². The lowest BCUT2D eigenvalue weighted by Crippen LogP contribution is -2.47. The van der Waals surface area contributed by atoms with Gasteiger partial charge < -0.3 is 24.6 Å². The fourth-order valence-corrected chi connectivity index (χ4v) is 3.07. The van der Waals surface area contributed by atoms with Gasteiger partial charge in [0.1, 0.15) is 11.6 Å². The summed E-state index contributed by atoms with van der Waals surface area (Å²) >= 11 is 0. The second-order valence-electron chi connectivity index (χ2n) is 6.16. The number of ether oxygens (including phenoxy) is 2. The SMILES string of the molecule is COCCCNc1ccnc(N2CCN(c3ccccc3OC)CC2)n1. The highest BCUT2D eigenvalue weighted by atomic mass is 16.5. The molecule has 7 heteroatoms. The highest BCUT2D eigenvalue weighted by molar-refractivity contribution is 5.59. The number of methoxy groups -OCH3 is 2. The average molecular weight is 357 g/mol. The van der Waals surface area contributed by atoms with E-state index in [4.69, 9.17) is 9.47 Å². The van der Waals surface area contributed by atoms with Crippen LogP contribution in [0.2, 0.25) is 0 Å². The molecule has 0 atom stereocenters. The average Bonchev–Trinajstić information content (AvgIpc) is 2.71. The zero-order valence-electron chi connectivity index (χ0n) is 15.5. The standard InChI is InChI=1S/C19H27N5O2/c1-25-15-5-9-20-18-8-10-21-19(22-18)24-13-11-23(12-14-24)16-6-3-4-7-17(16)26-2/h3-4,6-8,10H,5,9,11-15H2,1-2H3,(H,20,21,22). The molecule has 0 aliphatic carbocycles. The van der Waals surface area contributed by atoms with Crippen LogP contribution in [0.25, 0.3) is 0 Å². The molecular weight excluding hydrogens is 330 g/mol. The second kappa shape index (κ2) is 9.24. The van der Waals surface area contributed by atoms with E-state index in [1.807, 2.05) is 30.5 Å². The Morgan fingerprint density at radius 1 is 1.04 bits per heavy atom. The molecular formula is C19H27N5O2. The van der Waals surface area contributed by atoms with Gasteiger partial charge >= 0.3 is 0 Å². The molecule has 2 aromatic rings. The molecule has 0 spiro atoms. The number of piperazine rings is 1. The fourth-order valence-electron chi connectivity index (χ4n) is 3.07. The van der Waals surface area contributed by atoms with Crippen LogP contribution in [0.3, 0.4) is 0 Å². The van der Waals surface area contributed by atoms with Crippen molar-refractivity contribution in [1.82, 2.24) is 9.97 Å². The van der Waals surface area contributed by atoms with Crippen LogP contribution >= 0.6 is 0 Å². The van der Waals surface area contributed by atoms with Crippen LogP contribution in [0.15, 0.2) is 36.5 Å². The van der Waals surface area contributed by atoms with Crippen molar-refractivity contribution in [1.29, 1.82) is 0 Å². The molecule has 3 rings (SSSR count). The van der Waals surface area contributed by atoms with Crippen LogP contribution in [-0.2, 0) is 4.74 Å². The molecule has 1 aromatic heterocycles. The Kier molecular flexibility index (Phi) is 6.49. The smallest absolute Gasteiger partial charge is 0.227 e. The van der Waals surface area contributed by atoms with Gasteiger partial charge in [-0.25, -0.2) is 4.98 Å². The summed E-state index contributed by atoms with van der Waals surface area (Å²) < 4.78 is 10.6. The largest absolute Gasteiger partial charge is 0.495 e. The van der Waals surface area contributed by atoms with Crippen molar-refractivity contribution < 1.29 is 9.47 Å². The van der Waals surface area contributed by atoms with Gasteiger partial charge in [0.2, 0.25) is 5.95 Å². The molecule has 1 aliphatic heterocycles. The van der Waals surface area contributed by atoms with E-state index in [1.54, 1.807) is 14.2 Å². The predicted molar refractivity (Wildman–Crippen MR) is 104 cm³/mol. The third-order valence-electron chi connectivity index (χ3n) is 4.46. The van der Waals surface area contributed by atoms with Gasteiger partial charge in [0.05, 0.1) is 12.8 Å². The Labute approximate surface area is 155 Å². The van der Waals surface area contributed by atoms with E-state index in [0.29, 0.717) is 0 Å². The zero-order valence-corrected chi connectivity index (χ0v) is 15.5. The summed E-state index contributed by atoms with van der Waals surface area (Å²) in [7, 11) is 3.43. The van der Waals surface area contributed by atoms with Crippen molar-refractivity contribution >= 4 is 17.5 Å². The monoisotopic (exact) mass is 357 g/mol. The molecule has 140 valence electrons. The molecule has 1 fully saturated rings. The molecule has 26 heavy (non-hydrogen) atoms. The number of hydrogen-bond donors (Lipinski definition) is 1. The number of para-hydroxylation sites is 2. The molecule has 0 amide bonds. The van der Waals surface area contributed by atoms with Gasteiger partial charge in [-0.1, -0.05) is 12.1 Å². The molecule has 1 aromatic carbocycles. The summed E-state index contributed by atoms with van der Waals surface area (Å²) in [5, 5.41) is 3.32. The Morgan fingerprint density at radius 2 is 1.81 bits per heavy atom. The summed E-state index contributed by atoms with van der Waals surface area (Å²) in [5.41, 5.74) is 1.14. The first-order valence-corrected chi connectivity index (χ1v) is 9.00.